The molecule has 1 N–H and O–H groups in total. The van der Waals surface area contributed by atoms with E-state index in [0.717, 1.165) is 12.1 Å². The van der Waals surface area contributed by atoms with Crippen molar-refractivity contribution in [3.8, 4) is 0 Å². The SMILES string of the molecule is C1=NN(Cc2ccccc2)NN=C1Cc1ccccc1. The Morgan fingerprint density at radius 1 is 0.850 bits per heavy atom. The van der Waals surface area contributed by atoms with Gasteiger partial charge in [-0.05, 0) is 11.1 Å². The highest BCUT2D eigenvalue weighted by Crippen LogP contribution is 2.06. The van der Waals surface area contributed by atoms with Crippen LogP contribution in [0.2, 0.25) is 0 Å². The molecule has 0 amide bonds. The standard InChI is InChI=1S/C16H16N4/c1-3-7-14(8-4-1)11-16-12-17-20(19-18-16)13-15-9-5-2-6-10-15/h1-10,12,19H,11,13H2. The van der Waals surface area contributed by atoms with Gasteiger partial charge in [0.25, 0.3) is 0 Å². The molecule has 1 heterocycles. The van der Waals surface area contributed by atoms with Gasteiger partial charge >= 0.3 is 0 Å². The van der Waals surface area contributed by atoms with Crippen LogP contribution in [0.5, 0.6) is 0 Å². The van der Waals surface area contributed by atoms with E-state index in [1.165, 1.54) is 11.1 Å². The van der Waals surface area contributed by atoms with Gasteiger partial charge in [0.15, 0.2) is 0 Å². The second-order valence-electron chi connectivity index (χ2n) is 4.65. The second-order valence-corrected chi connectivity index (χ2v) is 4.65. The largest absolute Gasteiger partial charge is 0.202 e. The smallest absolute Gasteiger partial charge is 0.0868 e. The normalized spacial score (nSPS) is 13.8. The third-order valence-corrected chi connectivity index (χ3v) is 3.06. The summed E-state index contributed by atoms with van der Waals surface area (Å²) in [5.41, 5.74) is 6.32. The Bertz CT molecular complexity index is 605. The second kappa shape index (κ2) is 6.02. The molecule has 4 heteroatoms. The molecule has 0 fully saturated rings. The molecule has 20 heavy (non-hydrogen) atoms. The van der Waals surface area contributed by atoms with Crippen LogP contribution in [0.4, 0.5) is 0 Å². The monoisotopic (exact) mass is 264 g/mol. The molecule has 0 aliphatic carbocycles. The van der Waals surface area contributed by atoms with Crippen molar-refractivity contribution in [3.05, 3.63) is 71.8 Å². The minimum Gasteiger partial charge on any atom is -0.202 e. The van der Waals surface area contributed by atoms with Crippen LogP contribution in [0.3, 0.4) is 0 Å². The number of hydrogen-bond acceptors (Lipinski definition) is 4. The summed E-state index contributed by atoms with van der Waals surface area (Å²) in [6.45, 7) is 0.694. The van der Waals surface area contributed by atoms with Crippen LogP contribution < -0.4 is 5.53 Å². The van der Waals surface area contributed by atoms with E-state index in [1.807, 2.05) is 42.6 Å². The molecule has 0 saturated heterocycles. The van der Waals surface area contributed by atoms with Crippen LogP contribution in [-0.2, 0) is 13.0 Å². The maximum Gasteiger partial charge on any atom is 0.0868 e. The van der Waals surface area contributed by atoms with E-state index in [0.29, 0.717) is 6.54 Å². The predicted molar refractivity (Wildman–Crippen MR) is 81.2 cm³/mol. The maximum atomic E-state index is 4.37. The topological polar surface area (TPSA) is 40.0 Å². The molecule has 0 saturated carbocycles. The van der Waals surface area contributed by atoms with Crippen LogP contribution in [0.15, 0.2) is 70.9 Å². The lowest BCUT2D eigenvalue weighted by Gasteiger charge is -2.21. The summed E-state index contributed by atoms with van der Waals surface area (Å²) in [6.07, 6.45) is 2.60. The molecule has 1 aliphatic rings. The minimum atomic E-state index is 0.694. The maximum absolute atomic E-state index is 4.37. The van der Waals surface area contributed by atoms with Crippen LogP contribution in [0.1, 0.15) is 11.1 Å². The summed E-state index contributed by atoms with van der Waals surface area (Å²) < 4.78 is 0. The van der Waals surface area contributed by atoms with E-state index < -0.39 is 0 Å². The van der Waals surface area contributed by atoms with Crippen LogP contribution in [-0.4, -0.2) is 17.0 Å². The summed E-state index contributed by atoms with van der Waals surface area (Å²) in [6, 6.07) is 20.4. The zero-order chi connectivity index (χ0) is 13.6. The Morgan fingerprint density at radius 2 is 1.50 bits per heavy atom. The molecule has 100 valence electrons. The van der Waals surface area contributed by atoms with Crippen molar-refractivity contribution in [2.75, 3.05) is 0 Å². The van der Waals surface area contributed by atoms with Crippen molar-refractivity contribution in [2.45, 2.75) is 13.0 Å². The lowest BCUT2D eigenvalue weighted by Crippen LogP contribution is -2.34. The van der Waals surface area contributed by atoms with Gasteiger partial charge in [0.2, 0.25) is 0 Å². The molecule has 0 aromatic heterocycles. The Balaban J connectivity index is 1.57. The fourth-order valence-corrected chi connectivity index (χ4v) is 2.04. The Labute approximate surface area is 118 Å². The summed E-state index contributed by atoms with van der Waals surface area (Å²) in [7, 11) is 0. The number of benzene rings is 2. The van der Waals surface area contributed by atoms with Crippen LogP contribution in [0, 0.1) is 0 Å². The Kier molecular flexibility index (Phi) is 3.73. The molecule has 0 atom stereocenters. The van der Waals surface area contributed by atoms with Gasteiger partial charge in [0.1, 0.15) is 0 Å². The average Bonchev–Trinajstić information content (AvgIpc) is 2.51. The summed E-state index contributed by atoms with van der Waals surface area (Å²) in [4.78, 5) is 0. The molecule has 0 bridgehead atoms. The molecular weight excluding hydrogens is 248 g/mol. The molecule has 1 aliphatic heterocycles. The number of nitrogens with one attached hydrogen (secondary N) is 1. The zero-order valence-corrected chi connectivity index (χ0v) is 11.1. The predicted octanol–water partition coefficient (Wildman–Crippen LogP) is 2.59. The van der Waals surface area contributed by atoms with Gasteiger partial charge in [0, 0.05) is 6.42 Å². The third kappa shape index (κ3) is 3.23. The number of nitrogens with zero attached hydrogens (tertiary/aromatic N) is 3. The highest BCUT2D eigenvalue weighted by atomic mass is 15.8. The van der Waals surface area contributed by atoms with E-state index in [4.69, 9.17) is 0 Å². The average molecular weight is 264 g/mol. The van der Waals surface area contributed by atoms with Gasteiger partial charge in [-0.15, -0.1) is 0 Å². The number of hydrazine groups is 1. The minimum absolute atomic E-state index is 0.694. The lowest BCUT2D eigenvalue weighted by molar-refractivity contribution is 0.189. The first-order valence-electron chi connectivity index (χ1n) is 6.62. The van der Waals surface area contributed by atoms with Gasteiger partial charge in [-0.1, -0.05) is 60.7 Å². The van der Waals surface area contributed by atoms with E-state index in [-0.39, 0.29) is 0 Å². The highest BCUT2D eigenvalue weighted by Gasteiger charge is 2.07. The van der Waals surface area contributed by atoms with E-state index in [1.54, 1.807) is 5.12 Å². The molecule has 2 aromatic carbocycles. The van der Waals surface area contributed by atoms with Gasteiger partial charge in [-0.25, -0.2) is 5.53 Å². The molecule has 0 spiro atoms. The van der Waals surface area contributed by atoms with Crippen molar-refractivity contribution in [1.82, 2.24) is 10.7 Å². The summed E-state index contributed by atoms with van der Waals surface area (Å²) in [5.74, 6) is 0. The van der Waals surface area contributed by atoms with E-state index in [9.17, 15) is 0 Å². The van der Waals surface area contributed by atoms with Crippen LogP contribution >= 0.6 is 0 Å². The molecule has 0 unspecified atom stereocenters. The van der Waals surface area contributed by atoms with Crippen molar-refractivity contribution in [1.29, 1.82) is 0 Å². The van der Waals surface area contributed by atoms with E-state index >= 15 is 0 Å². The number of hydrogen-bond donors (Lipinski definition) is 1. The quantitative estimate of drug-likeness (QED) is 0.922. The van der Waals surface area contributed by atoms with E-state index in [2.05, 4.69) is 40.0 Å². The van der Waals surface area contributed by atoms with Crippen LogP contribution in [0.25, 0.3) is 0 Å². The first-order chi connectivity index (χ1) is 9.90. The Morgan fingerprint density at radius 3 is 2.10 bits per heavy atom. The van der Waals surface area contributed by atoms with Gasteiger partial charge in [0.05, 0.1) is 18.5 Å². The first-order valence-corrected chi connectivity index (χ1v) is 6.62. The Hall–Kier alpha value is -2.62. The molecular formula is C16H16N4. The number of rotatable bonds is 4. The zero-order valence-electron chi connectivity index (χ0n) is 11.1. The molecule has 3 rings (SSSR count). The first kappa shape index (κ1) is 12.4. The number of hydrazone groups is 2. The molecule has 4 nitrogen and oxygen atoms in total. The molecule has 0 radical (unpaired) electrons. The van der Waals surface area contributed by atoms with Crippen molar-refractivity contribution < 1.29 is 0 Å². The van der Waals surface area contributed by atoms with Crippen molar-refractivity contribution in [3.63, 3.8) is 0 Å². The fraction of sp³-hybridized carbons (Fsp3) is 0.125. The lowest BCUT2D eigenvalue weighted by atomic mass is 10.1. The third-order valence-electron chi connectivity index (χ3n) is 3.06. The van der Waals surface area contributed by atoms with Crippen molar-refractivity contribution >= 4 is 11.9 Å². The van der Waals surface area contributed by atoms with Crippen molar-refractivity contribution in [2.24, 2.45) is 10.2 Å². The fourth-order valence-electron chi connectivity index (χ4n) is 2.04. The molecule has 2 aromatic rings. The van der Waals surface area contributed by atoms with Gasteiger partial charge < -0.3 is 0 Å². The summed E-state index contributed by atoms with van der Waals surface area (Å²) >= 11 is 0. The highest BCUT2D eigenvalue weighted by molar-refractivity contribution is 6.31. The summed E-state index contributed by atoms with van der Waals surface area (Å²) in [5, 5.41) is 10.4. The van der Waals surface area contributed by atoms with Gasteiger partial charge in [-0.2, -0.15) is 15.3 Å². The van der Waals surface area contributed by atoms with Gasteiger partial charge in [-0.3, -0.25) is 0 Å².